The summed E-state index contributed by atoms with van der Waals surface area (Å²) in [7, 11) is -2.93. The summed E-state index contributed by atoms with van der Waals surface area (Å²) in [6, 6.07) is 13.0. The number of rotatable bonds is 6. The molecule has 0 bridgehead atoms. The Morgan fingerprint density at radius 2 is 1.66 bits per heavy atom. The van der Waals surface area contributed by atoms with Crippen LogP contribution in [0.25, 0.3) is 0 Å². The van der Waals surface area contributed by atoms with E-state index < -0.39 is 21.9 Å². The molecule has 0 atom stereocenters. The molecule has 1 amide bonds. The van der Waals surface area contributed by atoms with Crippen molar-refractivity contribution in [1.29, 1.82) is 0 Å². The number of esters is 1. The molecule has 9 nitrogen and oxygen atoms in total. The fraction of sp³-hybridized carbons (Fsp3) is 0.111. The number of amides is 1. The van der Waals surface area contributed by atoms with Crippen LogP contribution in [-0.2, 0) is 14.8 Å². The molecule has 0 saturated heterocycles. The molecule has 0 spiro atoms. The highest BCUT2D eigenvalue weighted by Gasteiger charge is 2.24. The van der Waals surface area contributed by atoms with Gasteiger partial charge in [0.1, 0.15) is 0 Å². The highest BCUT2D eigenvalue weighted by Crippen LogP contribution is 2.25. The molecule has 2 aromatic carbocycles. The number of aryl methyl sites for hydroxylation is 1. The standard InChI is InChI=1S/C18H16N4O5S2/c1-11-7-3-4-8-12(11)15(23)19-17-20-21-18(28-17)29(25,26)22-14-10-6-5-9-13(14)16(24)27-2/h3-10,22H,1-2H3,(H,19,20,23). The van der Waals surface area contributed by atoms with Gasteiger partial charge in [-0.1, -0.05) is 41.7 Å². The van der Waals surface area contributed by atoms with E-state index in [9.17, 15) is 18.0 Å². The first-order valence-electron chi connectivity index (χ1n) is 8.22. The predicted molar refractivity (Wildman–Crippen MR) is 108 cm³/mol. The van der Waals surface area contributed by atoms with Crippen LogP contribution >= 0.6 is 11.3 Å². The van der Waals surface area contributed by atoms with E-state index in [0.29, 0.717) is 16.9 Å². The van der Waals surface area contributed by atoms with Gasteiger partial charge in [0, 0.05) is 5.56 Å². The Morgan fingerprint density at radius 1 is 1.00 bits per heavy atom. The second kappa shape index (κ2) is 8.37. The maximum atomic E-state index is 12.6. The Hall–Kier alpha value is -3.31. The second-order valence-electron chi connectivity index (χ2n) is 5.78. The van der Waals surface area contributed by atoms with Crippen LogP contribution in [-0.4, -0.2) is 37.6 Å². The molecule has 3 aromatic rings. The van der Waals surface area contributed by atoms with Gasteiger partial charge >= 0.3 is 5.97 Å². The average molecular weight is 432 g/mol. The van der Waals surface area contributed by atoms with Crippen LogP contribution in [0.3, 0.4) is 0 Å². The molecule has 0 saturated carbocycles. The topological polar surface area (TPSA) is 127 Å². The lowest BCUT2D eigenvalue weighted by atomic mass is 10.1. The number of aromatic nitrogens is 2. The molecule has 1 aromatic heterocycles. The summed E-state index contributed by atoms with van der Waals surface area (Å²) in [5.41, 5.74) is 1.30. The number of carbonyl (C=O) groups is 2. The molecule has 150 valence electrons. The van der Waals surface area contributed by atoms with Crippen molar-refractivity contribution in [2.24, 2.45) is 0 Å². The fourth-order valence-corrected chi connectivity index (χ4v) is 4.39. The minimum absolute atomic E-state index is 0.0277. The smallest absolute Gasteiger partial charge is 0.339 e. The van der Waals surface area contributed by atoms with E-state index in [1.165, 1.54) is 19.2 Å². The average Bonchev–Trinajstić information content (AvgIpc) is 3.17. The van der Waals surface area contributed by atoms with Gasteiger partial charge in [0.15, 0.2) is 0 Å². The van der Waals surface area contributed by atoms with Gasteiger partial charge in [-0.25, -0.2) is 4.79 Å². The first kappa shape index (κ1) is 20.4. The van der Waals surface area contributed by atoms with E-state index in [-0.39, 0.29) is 20.7 Å². The molecule has 0 radical (unpaired) electrons. The molecule has 1 heterocycles. The molecular formula is C18H16N4O5S2. The van der Waals surface area contributed by atoms with Crippen LogP contribution in [0.4, 0.5) is 10.8 Å². The quantitative estimate of drug-likeness (QED) is 0.453. The zero-order valence-electron chi connectivity index (χ0n) is 15.4. The summed E-state index contributed by atoms with van der Waals surface area (Å²) >= 11 is 0.687. The monoisotopic (exact) mass is 432 g/mol. The van der Waals surface area contributed by atoms with E-state index >= 15 is 0 Å². The minimum Gasteiger partial charge on any atom is -0.465 e. The maximum Gasteiger partial charge on any atom is 0.339 e. The number of anilines is 2. The molecule has 0 aliphatic heterocycles. The third-order valence-corrected chi connectivity index (χ3v) is 6.39. The number of hydrogen-bond acceptors (Lipinski definition) is 8. The fourth-order valence-electron chi connectivity index (χ4n) is 2.41. The normalized spacial score (nSPS) is 11.0. The first-order chi connectivity index (χ1) is 13.8. The number of methoxy groups -OCH3 is 1. The Kier molecular flexibility index (Phi) is 5.89. The van der Waals surface area contributed by atoms with Gasteiger partial charge < -0.3 is 4.74 Å². The maximum absolute atomic E-state index is 12.6. The van der Waals surface area contributed by atoms with Crippen molar-refractivity contribution in [3.05, 3.63) is 65.2 Å². The molecule has 29 heavy (non-hydrogen) atoms. The first-order valence-corrected chi connectivity index (χ1v) is 10.5. The van der Waals surface area contributed by atoms with Gasteiger partial charge in [-0.2, -0.15) is 8.42 Å². The third kappa shape index (κ3) is 4.58. The largest absolute Gasteiger partial charge is 0.465 e. The minimum atomic E-state index is -4.13. The van der Waals surface area contributed by atoms with E-state index in [4.69, 9.17) is 0 Å². The van der Waals surface area contributed by atoms with Gasteiger partial charge in [-0.3, -0.25) is 14.8 Å². The molecule has 3 rings (SSSR count). The zero-order valence-corrected chi connectivity index (χ0v) is 17.0. The van der Waals surface area contributed by atoms with Crippen molar-refractivity contribution >= 4 is 44.1 Å². The predicted octanol–water partition coefficient (Wildman–Crippen LogP) is 2.69. The molecule has 0 aliphatic carbocycles. The molecule has 0 fully saturated rings. The van der Waals surface area contributed by atoms with E-state index in [2.05, 4.69) is 25.0 Å². The second-order valence-corrected chi connectivity index (χ2v) is 8.62. The summed E-state index contributed by atoms with van der Waals surface area (Å²) in [6.45, 7) is 1.79. The number of carbonyl (C=O) groups excluding carboxylic acids is 2. The van der Waals surface area contributed by atoms with Crippen LogP contribution < -0.4 is 10.0 Å². The molecular weight excluding hydrogens is 416 g/mol. The van der Waals surface area contributed by atoms with Crippen LogP contribution in [0, 0.1) is 6.92 Å². The Balaban J connectivity index is 1.80. The number of nitrogens with one attached hydrogen (secondary N) is 2. The van der Waals surface area contributed by atoms with Crippen molar-refractivity contribution in [2.75, 3.05) is 17.1 Å². The number of benzene rings is 2. The van der Waals surface area contributed by atoms with Crippen LogP contribution in [0.2, 0.25) is 0 Å². The number of hydrogen-bond donors (Lipinski definition) is 2. The van der Waals surface area contributed by atoms with Gasteiger partial charge in [-0.15, -0.1) is 10.2 Å². The van der Waals surface area contributed by atoms with Gasteiger partial charge in [0.25, 0.3) is 20.3 Å². The Bertz CT molecular complexity index is 1170. The third-order valence-electron chi connectivity index (χ3n) is 3.82. The number of sulfonamides is 1. The lowest BCUT2D eigenvalue weighted by Crippen LogP contribution is -2.16. The van der Waals surface area contributed by atoms with Crippen LogP contribution in [0.15, 0.2) is 52.9 Å². The summed E-state index contributed by atoms with van der Waals surface area (Å²) < 4.78 is 31.8. The molecule has 2 N–H and O–H groups in total. The summed E-state index contributed by atoms with van der Waals surface area (Å²) in [5, 5.41) is 9.92. The SMILES string of the molecule is COC(=O)c1ccccc1NS(=O)(=O)c1nnc(NC(=O)c2ccccc2C)s1. The zero-order chi connectivity index (χ0) is 21.0. The van der Waals surface area contributed by atoms with Crippen molar-refractivity contribution in [3.63, 3.8) is 0 Å². The lowest BCUT2D eigenvalue weighted by Gasteiger charge is -2.09. The Morgan fingerprint density at radius 3 is 2.34 bits per heavy atom. The van der Waals surface area contributed by atoms with Crippen molar-refractivity contribution in [2.45, 2.75) is 11.3 Å². The summed E-state index contributed by atoms with van der Waals surface area (Å²) in [5.74, 6) is -1.11. The van der Waals surface area contributed by atoms with Crippen molar-refractivity contribution in [3.8, 4) is 0 Å². The number of nitrogens with zero attached hydrogens (tertiary/aromatic N) is 2. The van der Waals surface area contributed by atoms with Crippen molar-refractivity contribution in [1.82, 2.24) is 10.2 Å². The molecule has 0 unspecified atom stereocenters. The summed E-state index contributed by atoms with van der Waals surface area (Å²) in [4.78, 5) is 24.2. The van der Waals surface area contributed by atoms with E-state index in [0.717, 1.165) is 5.56 Å². The molecule has 11 heteroatoms. The molecule has 0 aliphatic rings. The highest BCUT2D eigenvalue weighted by molar-refractivity contribution is 7.94. The van der Waals surface area contributed by atoms with E-state index in [1.54, 1.807) is 43.3 Å². The van der Waals surface area contributed by atoms with E-state index in [1.807, 2.05) is 0 Å². The number of para-hydroxylation sites is 1. The van der Waals surface area contributed by atoms with Gasteiger partial charge in [-0.05, 0) is 30.7 Å². The summed E-state index contributed by atoms with van der Waals surface area (Å²) in [6.07, 6.45) is 0. The van der Waals surface area contributed by atoms with Crippen molar-refractivity contribution < 1.29 is 22.7 Å². The lowest BCUT2D eigenvalue weighted by molar-refractivity contribution is 0.0602. The van der Waals surface area contributed by atoms with Crippen LogP contribution in [0.1, 0.15) is 26.3 Å². The highest BCUT2D eigenvalue weighted by atomic mass is 32.2. The number of ether oxygens (including phenoxy) is 1. The van der Waals surface area contributed by atoms with Gasteiger partial charge in [0.05, 0.1) is 18.4 Å². The van der Waals surface area contributed by atoms with Gasteiger partial charge in [0.2, 0.25) is 5.13 Å². The van der Waals surface area contributed by atoms with Crippen LogP contribution in [0.5, 0.6) is 0 Å². The Labute approximate surface area is 170 Å².